The van der Waals surface area contributed by atoms with Crippen LogP contribution in [0.3, 0.4) is 0 Å². The summed E-state index contributed by atoms with van der Waals surface area (Å²) in [4.78, 5) is 22.7. The lowest BCUT2D eigenvalue weighted by molar-refractivity contribution is -0.384. The van der Waals surface area contributed by atoms with Crippen LogP contribution < -0.4 is 14.9 Å². The Morgan fingerprint density at radius 2 is 1.70 bits per heavy atom. The van der Waals surface area contributed by atoms with Gasteiger partial charge in [0.2, 0.25) is 0 Å². The molecule has 170 valence electrons. The third-order valence-electron chi connectivity index (χ3n) is 4.52. The van der Waals surface area contributed by atoms with E-state index in [1.54, 1.807) is 30.3 Å². The highest BCUT2D eigenvalue weighted by Gasteiger charge is 2.21. The molecule has 3 rings (SSSR count). The van der Waals surface area contributed by atoms with Gasteiger partial charge in [-0.15, -0.1) is 0 Å². The summed E-state index contributed by atoms with van der Waals surface area (Å²) >= 11 is 10.9. The minimum atomic E-state index is -3.77. The van der Waals surface area contributed by atoms with Crippen molar-refractivity contribution in [3.05, 3.63) is 93.5 Å². The maximum absolute atomic E-state index is 12.8. The molecular weight excluding hydrogens is 488 g/mol. The van der Waals surface area contributed by atoms with Crippen LogP contribution in [0.15, 0.2) is 77.7 Å². The molecule has 2 N–H and O–H groups in total. The number of anilines is 2. The van der Waals surface area contributed by atoms with Crippen LogP contribution in [-0.2, 0) is 10.0 Å². The predicted octanol–water partition coefficient (Wildman–Crippen LogP) is 4.20. The number of thiocarbonyl (C=S) groups is 1. The third kappa shape index (κ3) is 5.64. The average molecular weight is 505 g/mol. The molecule has 3 aromatic carbocycles. The van der Waals surface area contributed by atoms with Crippen LogP contribution in [0.1, 0.15) is 10.4 Å². The highest BCUT2D eigenvalue weighted by Crippen LogP contribution is 2.25. The van der Waals surface area contributed by atoms with Crippen molar-refractivity contribution in [1.29, 1.82) is 0 Å². The number of sulfonamides is 1. The summed E-state index contributed by atoms with van der Waals surface area (Å²) in [7, 11) is -2.31. The number of nitro groups is 1. The van der Waals surface area contributed by atoms with E-state index in [4.69, 9.17) is 23.8 Å². The number of nitrogens with one attached hydrogen (secondary N) is 2. The maximum atomic E-state index is 12.8. The minimum absolute atomic E-state index is 0.000593. The number of nitrogens with zero attached hydrogens (tertiary/aromatic N) is 2. The lowest BCUT2D eigenvalue weighted by atomic mass is 10.2. The summed E-state index contributed by atoms with van der Waals surface area (Å²) in [6.07, 6.45) is 0. The first-order valence-electron chi connectivity index (χ1n) is 9.30. The number of hydrogen-bond acceptors (Lipinski definition) is 6. The average Bonchev–Trinajstić information content (AvgIpc) is 2.79. The van der Waals surface area contributed by atoms with Crippen LogP contribution in [0, 0.1) is 10.1 Å². The van der Waals surface area contributed by atoms with Crippen LogP contribution in [0.4, 0.5) is 17.1 Å². The Morgan fingerprint density at radius 3 is 2.30 bits per heavy atom. The molecule has 0 atom stereocenters. The van der Waals surface area contributed by atoms with Gasteiger partial charge in [-0.1, -0.05) is 29.8 Å². The van der Waals surface area contributed by atoms with Gasteiger partial charge in [0.25, 0.3) is 21.6 Å². The molecule has 12 heteroatoms. The second kappa shape index (κ2) is 9.94. The summed E-state index contributed by atoms with van der Waals surface area (Å²) in [5, 5.41) is 16.0. The highest BCUT2D eigenvalue weighted by molar-refractivity contribution is 7.92. The van der Waals surface area contributed by atoms with E-state index in [-0.39, 0.29) is 20.6 Å². The lowest BCUT2D eigenvalue weighted by Gasteiger charge is -2.19. The highest BCUT2D eigenvalue weighted by atomic mass is 35.5. The Labute approximate surface area is 200 Å². The molecule has 0 aliphatic heterocycles. The summed E-state index contributed by atoms with van der Waals surface area (Å²) in [5.74, 6) is -0.670. The molecule has 0 aliphatic rings. The molecule has 0 spiro atoms. The molecule has 9 nitrogen and oxygen atoms in total. The van der Waals surface area contributed by atoms with Gasteiger partial charge >= 0.3 is 0 Å². The molecule has 0 bridgehead atoms. The van der Waals surface area contributed by atoms with Crippen molar-refractivity contribution in [2.24, 2.45) is 0 Å². The second-order valence-electron chi connectivity index (χ2n) is 6.66. The van der Waals surface area contributed by atoms with Gasteiger partial charge in [-0.25, -0.2) is 8.42 Å². The number of nitro benzene ring substituents is 1. The fraction of sp³-hybridized carbons (Fsp3) is 0.0476. The van der Waals surface area contributed by atoms with Gasteiger partial charge in [-0.05, 0) is 60.7 Å². The van der Waals surface area contributed by atoms with Crippen molar-refractivity contribution >= 4 is 61.9 Å². The van der Waals surface area contributed by atoms with Crippen LogP contribution in [-0.4, -0.2) is 31.4 Å². The molecule has 0 saturated heterocycles. The zero-order chi connectivity index (χ0) is 24.2. The molecule has 0 radical (unpaired) electrons. The molecule has 0 aromatic heterocycles. The minimum Gasteiger partial charge on any atom is -0.332 e. The van der Waals surface area contributed by atoms with Gasteiger partial charge in [-0.3, -0.25) is 24.5 Å². The third-order valence-corrected chi connectivity index (χ3v) is 6.85. The van der Waals surface area contributed by atoms with Gasteiger partial charge in [0.05, 0.1) is 15.5 Å². The smallest absolute Gasteiger partial charge is 0.288 e. The van der Waals surface area contributed by atoms with Gasteiger partial charge in [0.15, 0.2) is 5.11 Å². The number of carbonyl (C=O) groups is 1. The number of rotatable bonds is 6. The van der Waals surface area contributed by atoms with E-state index in [0.29, 0.717) is 11.4 Å². The number of hydrogen-bond donors (Lipinski definition) is 2. The molecule has 0 heterocycles. The first-order valence-corrected chi connectivity index (χ1v) is 11.5. The van der Waals surface area contributed by atoms with Crippen molar-refractivity contribution in [3.8, 4) is 0 Å². The molecule has 1 amide bonds. The lowest BCUT2D eigenvalue weighted by Crippen LogP contribution is -2.34. The van der Waals surface area contributed by atoms with Gasteiger partial charge < -0.3 is 5.32 Å². The van der Waals surface area contributed by atoms with E-state index in [0.717, 1.165) is 6.07 Å². The number of para-hydroxylation sites is 1. The molecule has 0 saturated carbocycles. The fourth-order valence-corrected chi connectivity index (χ4v) is 4.37. The van der Waals surface area contributed by atoms with Gasteiger partial charge in [0.1, 0.15) is 5.02 Å². The van der Waals surface area contributed by atoms with Crippen molar-refractivity contribution in [3.63, 3.8) is 0 Å². The van der Waals surface area contributed by atoms with Crippen molar-refractivity contribution < 1.29 is 18.1 Å². The maximum Gasteiger partial charge on any atom is 0.288 e. The Kier molecular flexibility index (Phi) is 7.26. The number of halogens is 1. The fourth-order valence-electron chi connectivity index (χ4n) is 2.78. The zero-order valence-electron chi connectivity index (χ0n) is 17.1. The zero-order valence-corrected chi connectivity index (χ0v) is 19.4. The topological polar surface area (TPSA) is 122 Å². The Bertz CT molecular complexity index is 1320. The van der Waals surface area contributed by atoms with E-state index in [1.807, 2.05) is 0 Å². The van der Waals surface area contributed by atoms with E-state index < -0.39 is 26.5 Å². The Balaban J connectivity index is 1.67. The van der Waals surface area contributed by atoms with Crippen LogP contribution in [0.2, 0.25) is 5.02 Å². The Morgan fingerprint density at radius 1 is 1.06 bits per heavy atom. The number of amides is 1. The molecule has 0 fully saturated rings. The monoisotopic (exact) mass is 504 g/mol. The van der Waals surface area contributed by atoms with Gasteiger partial charge in [-0.2, -0.15) is 0 Å². The summed E-state index contributed by atoms with van der Waals surface area (Å²) in [6.45, 7) is 0. The van der Waals surface area contributed by atoms with Crippen molar-refractivity contribution in [2.45, 2.75) is 4.90 Å². The quantitative estimate of drug-likeness (QED) is 0.293. The van der Waals surface area contributed by atoms with E-state index in [9.17, 15) is 23.3 Å². The molecule has 0 unspecified atom stereocenters. The first-order chi connectivity index (χ1) is 15.6. The summed E-state index contributed by atoms with van der Waals surface area (Å²) in [6, 6.07) is 18.1. The van der Waals surface area contributed by atoms with Crippen LogP contribution in [0.5, 0.6) is 0 Å². The first kappa shape index (κ1) is 24.1. The molecule has 3 aromatic rings. The number of carbonyl (C=O) groups excluding carboxylic acids is 1. The molecule has 0 aliphatic carbocycles. The van der Waals surface area contributed by atoms with Crippen LogP contribution in [0.25, 0.3) is 0 Å². The largest absolute Gasteiger partial charge is 0.332 e. The summed E-state index contributed by atoms with van der Waals surface area (Å²) in [5.41, 5.74) is 0.552. The van der Waals surface area contributed by atoms with Crippen LogP contribution >= 0.6 is 23.8 Å². The predicted molar refractivity (Wildman–Crippen MR) is 130 cm³/mol. The normalized spacial score (nSPS) is 10.8. The molecular formula is C21H17ClN4O5S2. The van der Waals surface area contributed by atoms with Gasteiger partial charge in [0, 0.05) is 24.4 Å². The Hall–Kier alpha value is -3.54. The van der Waals surface area contributed by atoms with Crippen molar-refractivity contribution in [1.82, 2.24) is 5.32 Å². The standard InChI is InChI=1S/C21H17ClN4O5S2/c1-25(16-5-3-2-4-6-16)33(30,31)17-10-8-15(9-11-17)23-21(32)24-20(27)14-7-12-18(22)19(13-14)26(28)29/h2-13H,1H3,(H2,23,24,27,32). The summed E-state index contributed by atoms with van der Waals surface area (Å²) < 4.78 is 26.8. The van der Waals surface area contributed by atoms with Crippen molar-refractivity contribution in [2.75, 3.05) is 16.7 Å². The SMILES string of the molecule is CN(c1ccccc1)S(=O)(=O)c1ccc(NC(=S)NC(=O)c2ccc(Cl)c([N+](=O)[O-])c2)cc1. The second-order valence-corrected chi connectivity index (χ2v) is 9.45. The number of benzene rings is 3. The molecule has 33 heavy (non-hydrogen) atoms. The van der Waals surface area contributed by atoms with E-state index in [1.165, 1.54) is 47.8 Å². The van der Waals surface area contributed by atoms with E-state index in [2.05, 4.69) is 10.6 Å². The van der Waals surface area contributed by atoms with E-state index >= 15 is 0 Å².